The van der Waals surface area contributed by atoms with Crippen LogP contribution in [0.4, 0.5) is 0 Å². The van der Waals surface area contributed by atoms with Crippen molar-refractivity contribution < 1.29 is 9.00 Å². The second-order valence-corrected chi connectivity index (χ2v) is 6.53. The van der Waals surface area contributed by atoms with E-state index in [0.717, 1.165) is 5.56 Å². The maximum absolute atomic E-state index is 11.9. The van der Waals surface area contributed by atoms with Crippen LogP contribution in [0.2, 0.25) is 5.02 Å². The highest BCUT2D eigenvalue weighted by Crippen LogP contribution is 2.17. The number of benzene rings is 1. The fourth-order valence-corrected chi connectivity index (χ4v) is 3.68. The van der Waals surface area contributed by atoms with Gasteiger partial charge in [-0.3, -0.25) is 9.00 Å². The lowest BCUT2D eigenvalue weighted by Crippen LogP contribution is -2.11. The minimum atomic E-state index is -1.22. The number of ketones is 1. The van der Waals surface area contributed by atoms with Gasteiger partial charge in [0.1, 0.15) is 0 Å². The molecule has 0 amide bonds. The summed E-state index contributed by atoms with van der Waals surface area (Å²) in [7, 11) is -1.22. The molecule has 0 saturated heterocycles. The van der Waals surface area contributed by atoms with Crippen molar-refractivity contribution in [2.45, 2.75) is 5.75 Å². The van der Waals surface area contributed by atoms with Gasteiger partial charge in [0.2, 0.25) is 0 Å². The normalized spacial score (nSPS) is 12.3. The summed E-state index contributed by atoms with van der Waals surface area (Å²) in [6, 6.07) is 10.8. The van der Waals surface area contributed by atoms with Gasteiger partial charge < -0.3 is 0 Å². The van der Waals surface area contributed by atoms with Crippen molar-refractivity contribution >= 4 is 39.5 Å². The van der Waals surface area contributed by atoms with Crippen LogP contribution in [0.3, 0.4) is 0 Å². The molecule has 0 bridgehead atoms. The number of Topliss-reactive ketones (excluding diaryl/α,β-unsaturated/α-hetero) is 1. The Hall–Kier alpha value is -0.970. The fraction of sp³-hybridized carbons (Fsp3) is 0.154. The summed E-state index contributed by atoms with van der Waals surface area (Å²) in [6.45, 7) is 0. The number of carbonyl (C=O) groups excluding carboxylic acids is 1. The van der Waals surface area contributed by atoms with Crippen LogP contribution in [0, 0.1) is 0 Å². The van der Waals surface area contributed by atoms with Gasteiger partial charge in [-0.1, -0.05) is 35.9 Å². The van der Waals surface area contributed by atoms with Crippen molar-refractivity contribution in [3.63, 3.8) is 0 Å². The van der Waals surface area contributed by atoms with Crippen LogP contribution in [-0.2, 0) is 16.6 Å². The molecule has 1 aromatic carbocycles. The summed E-state index contributed by atoms with van der Waals surface area (Å²) in [5.74, 6) is 0.290. The van der Waals surface area contributed by atoms with Gasteiger partial charge in [0.05, 0.1) is 16.4 Å². The highest BCUT2D eigenvalue weighted by molar-refractivity contribution is 7.85. The van der Waals surface area contributed by atoms with Crippen LogP contribution in [0.15, 0.2) is 41.8 Å². The van der Waals surface area contributed by atoms with Gasteiger partial charge in [-0.25, -0.2) is 0 Å². The number of hydrogen-bond acceptors (Lipinski definition) is 3. The van der Waals surface area contributed by atoms with Crippen LogP contribution in [0.5, 0.6) is 0 Å². The Kier molecular flexibility index (Phi) is 4.69. The van der Waals surface area contributed by atoms with Crippen LogP contribution in [0.25, 0.3) is 0 Å². The lowest BCUT2D eigenvalue weighted by molar-refractivity contribution is 0.102. The minimum absolute atomic E-state index is 0.0474. The predicted octanol–water partition coefficient (Wildman–Crippen LogP) is 3.53. The second kappa shape index (κ2) is 6.27. The molecule has 2 nitrogen and oxygen atoms in total. The molecule has 0 aliphatic carbocycles. The molecule has 0 radical (unpaired) electrons. The van der Waals surface area contributed by atoms with E-state index in [1.54, 1.807) is 12.1 Å². The molecule has 0 saturated carbocycles. The first-order valence-electron chi connectivity index (χ1n) is 5.32. The van der Waals surface area contributed by atoms with E-state index >= 15 is 0 Å². The molecule has 94 valence electrons. The molecule has 0 N–H and O–H groups in total. The van der Waals surface area contributed by atoms with Crippen molar-refractivity contribution in [1.29, 1.82) is 0 Å². The Balaban J connectivity index is 1.98. The first-order chi connectivity index (χ1) is 8.66. The van der Waals surface area contributed by atoms with E-state index in [0.29, 0.717) is 15.7 Å². The van der Waals surface area contributed by atoms with Crippen molar-refractivity contribution in [2.24, 2.45) is 0 Å². The molecule has 0 aliphatic heterocycles. The monoisotopic (exact) mass is 298 g/mol. The van der Waals surface area contributed by atoms with Gasteiger partial charge in [0.15, 0.2) is 5.78 Å². The third kappa shape index (κ3) is 3.51. The summed E-state index contributed by atoms with van der Waals surface area (Å²) in [5.41, 5.74) is 0.816. The Morgan fingerprint density at radius 2 is 2.00 bits per heavy atom. The van der Waals surface area contributed by atoms with Crippen molar-refractivity contribution in [2.75, 3.05) is 5.75 Å². The number of carbonyl (C=O) groups is 1. The zero-order valence-corrected chi connectivity index (χ0v) is 11.9. The van der Waals surface area contributed by atoms with E-state index in [2.05, 4.69) is 0 Å². The van der Waals surface area contributed by atoms with E-state index in [4.69, 9.17) is 11.6 Å². The number of hydrogen-bond donors (Lipinski definition) is 0. The van der Waals surface area contributed by atoms with E-state index in [1.807, 2.05) is 29.6 Å². The summed E-state index contributed by atoms with van der Waals surface area (Å²) in [4.78, 5) is 12.4. The van der Waals surface area contributed by atoms with Crippen LogP contribution in [0.1, 0.15) is 15.2 Å². The van der Waals surface area contributed by atoms with Crippen molar-refractivity contribution in [3.8, 4) is 0 Å². The molecule has 0 aliphatic rings. The average Bonchev–Trinajstić information content (AvgIpc) is 2.85. The molecular formula is C13H11ClO2S2. The predicted molar refractivity (Wildman–Crippen MR) is 76.8 cm³/mol. The molecule has 1 heterocycles. The largest absolute Gasteiger partial charge is 0.292 e. The SMILES string of the molecule is O=C(CS(=O)Cc1ccccc1Cl)c1cccs1. The molecule has 18 heavy (non-hydrogen) atoms. The molecule has 0 spiro atoms. The summed E-state index contributed by atoms with van der Waals surface area (Å²) >= 11 is 7.36. The first kappa shape index (κ1) is 13.5. The van der Waals surface area contributed by atoms with Gasteiger partial charge in [-0.15, -0.1) is 11.3 Å². The molecule has 0 fully saturated rings. The Morgan fingerprint density at radius 3 is 2.67 bits per heavy atom. The highest BCUT2D eigenvalue weighted by Gasteiger charge is 2.12. The molecule has 2 rings (SSSR count). The number of thiophene rings is 1. The minimum Gasteiger partial charge on any atom is -0.292 e. The van der Waals surface area contributed by atoms with Gasteiger partial charge in [-0.05, 0) is 23.1 Å². The molecule has 1 atom stereocenters. The maximum Gasteiger partial charge on any atom is 0.185 e. The lowest BCUT2D eigenvalue weighted by atomic mass is 10.2. The first-order valence-corrected chi connectivity index (χ1v) is 8.06. The third-order valence-electron chi connectivity index (χ3n) is 2.36. The van der Waals surface area contributed by atoms with Crippen molar-refractivity contribution in [3.05, 3.63) is 57.2 Å². The summed E-state index contributed by atoms with van der Waals surface area (Å²) in [5, 5.41) is 2.43. The molecule has 1 unspecified atom stereocenters. The van der Waals surface area contributed by atoms with Crippen LogP contribution in [-0.4, -0.2) is 15.7 Å². The van der Waals surface area contributed by atoms with Gasteiger partial charge in [0, 0.05) is 15.8 Å². The van der Waals surface area contributed by atoms with Gasteiger partial charge in [-0.2, -0.15) is 0 Å². The van der Waals surface area contributed by atoms with Crippen LogP contribution >= 0.6 is 22.9 Å². The number of rotatable bonds is 5. The van der Waals surface area contributed by atoms with E-state index in [9.17, 15) is 9.00 Å². The molecular weight excluding hydrogens is 288 g/mol. The smallest absolute Gasteiger partial charge is 0.185 e. The average molecular weight is 299 g/mol. The summed E-state index contributed by atoms with van der Waals surface area (Å²) in [6.07, 6.45) is 0. The maximum atomic E-state index is 11.9. The van der Waals surface area contributed by atoms with Gasteiger partial charge in [0.25, 0.3) is 0 Å². The highest BCUT2D eigenvalue weighted by atomic mass is 35.5. The zero-order chi connectivity index (χ0) is 13.0. The van der Waals surface area contributed by atoms with Crippen LogP contribution < -0.4 is 0 Å². The number of halogens is 1. The van der Waals surface area contributed by atoms with E-state index < -0.39 is 10.8 Å². The van der Waals surface area contributed by atoms with Crippen molar-refractivity contribution in [1.82, 2.24) is 0 Å². The lowest BCUT2D eigenvalue weighted by Gasteiger charge is -2.03. The Labute approximate surface area is 117 Å². The molecule has 1 aromatic heterocycles. The molecule has 5 heteroatoms. The quantitative estimate of drug-likeness (QED) is 0.791. The standard InChI is InChI=1S/C13H11ClO2S2/c14-11-5-2-1-4-10(11)8-18(16)9-12(15)13-6-3-7-17-13/h1-7H,8-9H2. The third-order valence-corrected chi connectivity index (χ3v) is 4.86. The topological polar surface area (TPSA) is 34.1 Å². The Bertz CT molecular complexity index is 564. The van der Waals surface area contributed by atoms with Gasteiger partial charge >= 0.3 is 0 Å². The molecule has 2 aromatic rings. The summed E-state index contributed by atoms with van der Waals surface area (Å²) < 4.78 is 11.9. The zero-order valence-electron chi connectivity index (χ0n) is 9.47. The second-order valence-electron chi connectivity index (χ2n) is 3.72. The fourth-order valence-electron chi connectivity index (χ4n) is 1.49. The van der Waals surface area contributed by atoms with E-state index in [1.165, 1.54) is 11.3 Å². The Morgan fingerprint density at radius 1 is 1.22 bits per heavy atom. The van der Waals surface area contributed by atoms with E-state index in [-0.39, 0.29) is 11.5 Å².